The number of anilines is 1. The molecule has 140 valence electrons. The van der Waals surface area contributed by atoms with E-state index in [1.165, 1.54) is 36.9 Å². The number of rotatable bonds is 3. The summed E-state index contributed by atoms with van der Waals surface area (Å²) < 4.78 is 7.62. The maximum absolute atomic E-state index is 6.29. The lowest BCUT2D eigenvalue weighted by Crippen LogP contribution is -2.29. The lowest BCUT2D eigenvalue weighted by Gasteiger charge is -2.28. The molecule has 0 aliphatic carbocycles. The molecular weight excluding hydrogens is 348 g/mol. The summed E-state index contributed by atoms with van der Waals surface area (Å²) in [6, 6.07) is 5.72. The second-order valence-electron chi connectivity index (χ2n) is 7.40. The summed E-state index contributed by atoms with van der Waals surface area (Å²) in [7, 11) is 3.90. The van der Waals surface area contributed by atoms with Crippen LogP contribution < -0.4 is 10.1 Å². The second-order valence-corrected chi connectivity index (χ2v) is 7.84. The summed E-state index contributed by atoms with van der Waals surface area (Å²) in [6.07, 6.45) is 5.83. The van der Waals surface area contributed by atoms with Gasteiger partial charge in [0.25, 0.3) is 0 Å². The topological polar surface area (TPSA) is 42.3 Å². The molecule has 1 aromatic carbocycles. The van der Waals surface area contributed by atoms with Crippen LogP contribution in [0, 0.1) is 0 Å². The molecule has 0 saturated carbocycles. The Balaban J connectivity index is 1.82. The van der Waals surface area contributed by atoms with Crippen LogP contribution in [0.1, 0.15) is 42.9 Å². The van der Waals surface area contributed by atoms with Crippen LogP contribution >= 0.6 is 11.6 Å². The normalized spacial score (nSPS) is 18.9. The molecule has 0 bridgehead atoms. The Morgan fingerprint density at radius 3 is 2.81 bits per heavy atom. The second kappa shape index (κ2) is 7.49. The third-order valence-corrected chi connectivity index (χ3v) is 5.87. The Kier molecular flexibility index (Phi) is 5.09. The minimum atomic E-state index is 0.534. The number of benzene rings is 1. The fourth-order valence-corrected chi connectivity index (χ4v) is 4.31. The standard InChI is InChI=1S/C20H27ClN4O/c1-24-11-8-14(9-12-24)19-16-5-3-4-10-22-20(16)25(23-19)17-13-15(21)6-7-18(17)26-2/h6-7,13-14,22H,3-5,8-12H2,1-2H3. The number of ether oxygens (including phenoxy) is 1. The van der Waals surface area contributed by atoms with Crippen LogP contribution in [0.5, 0.6) is 5.75 Å². The van der Waals surface area contributed by atoms with Crippen LogP contribution in [0.15, 0.2) is 18.2 Å². The van der Waals surface area contributed by atoms with Gasteiger partial charge in [0.1, 0.15) is 17.3 Å². The van der Waals surface area contributed by atoms with Crippen LogP contribution in [-0.4, -0.2) is 48.5 Å². The van der Waals surface area contributed by atoms with Gasteiger partial charge in [0.05, 0.1) is 12.8 Å². The minimum Gasteiger partial charge on any atom is -0.494 e. The van der Waals surface area contributed by atoms with Crippen molar-refractivity contribution in [3.63, 3.8) is 0 Å². The van der Waals surface area contributed by atoms with E-state index in [-0.39, 0.29) is 0 Å². The van der Waals surface area contributed by atoms with E-state index in [4.69, 9.17) is 21.4 Å². The molecule has 0 unspecified atom stereocenters. The van der Waals surface area contributed by atoms with Crippen LogP contribution in [0.4, 0.5) is 5.82 Å². The summed E-state index contributed by atoms with van der Waals surface area (Å²) in [4.78, 5) is 2.41. The predicted molar refractivity (Wildman–Crippen MR) is 106 cm³/mol. The SMILES string of the molecule is COc1ccc(Cl)cc1-n1nc(C2CCN(C)CC2)c2c1NCCCC2. The molecule has 26 heavy (non-hydrogen) atoms. The first-order valence-corrected chi connectivity index (χ1v) is 9.93. The monoisotopic (exact) mass is 374 g/mol. The molecule has 3 heterocycles. The number of halogens is 1. The van der Waals surface area contributed by atoms with E-state index >= 15 is 0 Å². The highest BCUT2D eigenvalue weighted by molar-refractivity contribution is 6.30. The van der Waals surface area contributed by atoms with Crippen molar-refractivity contribution in [1.82, 2.24) is 14.7 Å². The van der Waals surface area contributed by atoms with Crippen molar-refractivity contribution in [2.24, 2.45) is 0 Å². The van der Waals surface area contributed by atoms with Crippen molar-refractivity contribution < 1.29 is 4.74 Å². The molecule has 1 fully saturated rings. The number of likely N-dealkylation sites (tertiary alicyclic amines) is 1. The van der Waals surface area contributed by atoms with E-state index < -0.39 is 0 Å². The van der Waals surface area contributed by atoms with Crippen molar-refractivity contribution in [1.29, 1.82) is 0 Å². The van der Waals surface area contributed by atoms with Gasteiger partial charge >= 0.3 is 0 Å². The van der Waals surface area contributed by atoms with Crippen molar-refractivity contribution in [3.8, 4) is 11.4 Å². The summed E-state index contributed by atoms with van der Waals surface area (Å²) in [5, 5.41) is 9.42. The van der Waals surface area contributed by atoms with Crippen molar-refractivity contribution in [3.05, 3.63) is 34.5 Å². The van der Waals surface area contributed by atoms with Crippen molar-refractivity contribution in [2.45, 2.75) is 38.0 Å². The van der Waals surface area contributed by atoms with Gasteiger partial charge in [-0.05, 0) is 70.4 Å². The lowest BCUT2D eigenvalue weighted by molar-refractivity contribution is 0.252. The van der Waals surface area contributed by atoms with Crippen molar-refractivity contribution >= 4 is 17.4 Å². The Labute approximate surface area is 160 Å². The Morgan fingerprint density at radius 1 is 1.23 bits per heavy atom. The number of aromatic nitrogens is 2. The lowest BCUT2D eigenvalue weighted by atomic mass is 9.90. The zero-order chi connectivity index (χ0) is 18.1. The Bertz CT molecular complexity index is 780. The fourth-order valence-electron chi connectivity index (χ4n) is 4.14. The quantitative estimate of drug-likeness (QED) is 0.878. The summed E-state index contributed by atoms with van der Waals surface area (Å²) >= 11 is 6.29. The van der Waals surface area contributed by atoms with Gasteiger partial charge in [0, 0.05) is 23.0 Å². The minimum absolute atomic E-state index is 0.534. The molecule has 2 aliphatic heterocycles. The molecule has 1 aromatic heterocycles. The highest BCUT2D eigenvalue weighted by atomic mass is 35.5. The van der Waals surface area contributed by atoms with E-state index in [2.05, 4.69) is 17.3 Å². The van der Waals surface area contributed by atoms with E-state index in [1.807, 2.05) is 22.9 Å². The molecule has 2 aromatic rings. The molecule has 1 N–H and O–H groups in total. The largest absolute Gasteiger partial charge is 0.494 e. The van der Waals surface area contributed by atoms with Crippen LogP contribution in [0.2, 0.25) is 5.02 Å². The number of hydrogen-bond acceptors (Lipinski definition) is 4. The predicted octanol–water partition coefficient (Wildman–Crippen LogP) is 4.09. The van der Waals surface area contributed by atoms with Crippen LogP contribution in [0.25, 0.3) is 5.69 Å². The van der Waals surface area contributed by atoms with Gasteiger partial charge in [0.2, 0.25) is 0 Å². The average Bonchev–Trinajstić information content (AvgIpc) is 2.84. The highest BCUT2D eigenvalue weighted by Gasteiger charge is 2.28. The Morgan fingerprint density at radius 2 is 2.04 bits per heavy atom. The van der Waals surface area contributed by atoms with Gasteiger partial charge in [-0.15, -0.1) is 0 Å². The van der Waals surface area contributed by atoms with E-state index in [1.54, 1.807) is 7.11 Å². The zero-order valence-corrected chi connectivity index (χ0v) is 16.4. The number of nitrogens with one attached hydrogen (secondary N) is 1. The summed E-state index contributed by atoms with van der Waals surface area (Å²) in [6.45, 7) is 3.26. The van der Waals surface area contributed by atoms with Crippen LogP contribution in [-0.2, 0) is 6.42 Å². The maximum Gasteiger partial charge on any atom is 0.144 e. The molecule has 2 aliphatic rings. The average molecular weight is 375 g/mol. The van der Waals surface area contributed by atoms with Gasteiger partial charge in [-0.3, -0.25) is 0 Å². The molecule has 0 radical (unpaired) electrons. The molecular formula is C20H27ClN4O. The van der Waals surface area contributed by atoms with Gasteiger partial charge in [-0.25, -0.2) is 4.68 Å². The third kappa shape index (κ3) is 3.30. The number of methoxy groups -OCH3 is 1. The molecule has 1 saturated heterocycles. The first kappa shape index (κ1) is 17.7. The van der Waals surface area contributed by atoms with E-state index in [0.717, 1.165) is 43.3 Å². The molecule has 0 atom stereocenters. The molecule has 6 heteroatoms. The Hall–Kier alpha value is -1.72. The number of piperidine rings is 1. The first-order chi connectivity index (χ1) is 12.7. The number of hydrogen-bond donors (Lipinski definition) is 1. The fraction of sp³-hybridized carbons (Fsp3) is 0.550. The van der Waals surface area contributed by atoms with Gasteiger partial charge in [-0.2, -0.15) is 5.10 Å². The van der Waals surface area contributed by atoms with E-state index in [0.29, 0.717) is 10.9 Å². The molecule has 0 amide bonds. The van der Waals surface area contributed by atoms with Crippen molar-refractivity contribution in [2.75, 3.05) is 39.1 Å². The third-order valence-electron chi connectivity index (χ3n) is 5.63. The first-order valence-electron chi connectivity index (χ1n) is 9.55. The van der Waals surface area contributed by atoms with Gasteiger partial charge < -0.3 is 15.0 Å². The maximum atomic E-state index is 6.29. The number of nitrogens with zero attached hydrogens (tertiary/aromatic N) is 3. The molecule has 0 spiro atoms. The summed E-state index contributed by atoms with van der Waals surface area (Å²) in [5.74, 6) is 2.45. The zero-order valence-electron chi connectivity index (χ0n) is 15.6. The molecule has 5 nitrogen and oxygen atoms in total. The smallest absolute Gasteiger partial charge is 0.144 e. The van der Waals surface area contributed by atoms with E-state index in [9.17, 15) is 0 Å². The van der Waals surface area contributed by atoms with Gasteiger partial charge in [0.15, 0.2) is 0 Å². The van der Waals surface area contributed by atoms with Gasteiger partial charge in [-0.1, -0.05) is 11.6 Å². The number of fused-ring (bicyclic) bond motifs is 1. The highest BCUT2D eigenvalue weighted by Crippen LogP contribution is 2.38. The van der Waals surface area contributed by atoms with Crippen LogP contribution in [0.3, 0.4) is 0 Å². The summed E-state index contributed by atoms with van der Waals surface area (Å²) in [5.41, 5.74) is 3.56. The molecule has 4 rings (SSSR count).